The molecule has 2 aromatic carbocycles. The van der Waals surface area contributed by atoms with Gasteiger partial charge in [-0.1, -0.05) is 24.3 Å². The molecule has 6 nitrogen and oxygen atoms in total. The number of aryl methyl sites for hydroxylation is 1. The van der Waals surface area contributed by atoms with E-state index in [0.717, 1.165) is 29.2 Å². The van der Waals surface area contributed by atoms with Gasteiger partial charge in [0.2, 0.25) is 0 Å². The van der Waals surface area contributed by atoms with Crippen molar-refractivity contribution in [1.82, 2.24) is 0 Å². The summed E-state index contributed by atoms with van der Waals surface area (Å²) in [6.07, 6.45) is 4.08. The first-order chi connectivity index (χ1) is 14.0. The van der Waals surface area contributed by atoms with Gasteiger partial charge in [0.1, 0.15) is 11.3 Å². The van der Waals surface area contributed by atoms with Crippen LogP contribution >= 0.6 is 11.8 Å². The first-order valence-electron chi connectivity index (χ1n) is 8.68. The van der Waals surface area contributed by atoms with Crippen molar-refractivity contribution in [2.45, 2.75) is 6.92 Å². The van der Waals surface area contributed by atoms with E-state index >= 15 is 0 Å². The monoisotopic (exact) mass is 418 g/mol. The Morgan fingerprint density at radius 3 is 2.34 bits per heavy atom. The summed E-state index contributed by atoms with van der Waals surface area (Å²) in [5.41, 5.74) is 2.81. The van der Waals surface area contributed by atoms with Gasteiger partial charge >= 0.3 is 11.6 Å². The summed E-state index contributed by atoms with van der Waals surface area (Å²) in [6, 6.07) is 14.5. The average Bonchev–Trinajstić information content (AvgIpc) is 2.73. The van der Waals surface area contributed by atoms with Crippen LogP contribution in [0, 0.1) is 6.92 Å². The van der Waals surface area contributed by atoms with Gasteiger partial charge in [-0.25, -0.2) is 9.59 Å². The predicted octanol–water partition coefficient (Wildman–Crippen LogP) is 3.91. The standard InChI is InChI=1S/C19H16O5.C2H6S.CH4O/c1-12-5-3-4-6-14(12)16-10-18(20)24-17-9-13(7-8-15(16)17)23-11-19(21)22-2;1-3-2;1-2/h3-10H,11H2,1-2H3;1-2H3;2H,1H3. The molecule has 0 bridgehead atoms. The van der Waals surface area contributed by atoms with E-state index in [1.807, 2.05) is 49.8 Å². The van der Waals surface area contributed by atoms with E-state index in [4.69, 9.17) is 14.3 Å². The van der Waals surface area contributed by atoms with Crippen molar-refractivity contribution in [2.24, 2.45) is 0 Å². The molecule has 7 heteroatoms. The maximum atomic E-state index is 11.9. The summed E-state index contributed by atoms with van der Waals surface area (Å²) >= 11 is 1.75. The molecular weight excluding hydrogens is 392 g/mol. The van der Waals surface area contributed by atoms with Gasteiger partial charge in [0.25, 0.3) is 0 Å². The highest BCUT2D eigenvalue weighted by molar-refractivity contribution is 7.97. The van der Waals surface area contributed by atoms with Gasteiger partial charge in [-0.15, -0.1) is 0 Å². The number of hydrogen-bond acceptors (Lipinski definition) is 7. The Hall–Kier alpha value is -2.77. The zero-order valence-electron chi connectivity index (χ0n) is 17.2. The number of carbonyl (C=O) groups excluding carboxylic acids is 1. The third-order valence-corrected chi connectivity index (χ3v) is 3.74. The second kappa shape index (κ2) is 12.6. The zero-order valence-corrected chi connectivity index (χ0v) is 18.0. The van der Waals surface area contributed by atoms with E-state index in [9.17, 15) is 9.59 Å². The lowest BCUT2D eigenvalue weighted by Crippen LogP contribution is -2.12. The molecule has 29 heavy (non-hydrogen) atoms. The Morgan fingerprint density at radius 1 is 1.07 bits per heavy atom. The van der Waals surface area contributed by atoms with Crippen LogP contribution in [0.1, 0.15) is 5.56 Å². The smallest absolute Gasteiger partial charge is 0.343 e. The lowest BCUT2D eigenvalue weighted by molar-refractivity contribution is -0.142. The third-order valence-electron chi connectivity index (χ3n) is 3.74. The average molecular weight is 419 g/mol. The summed E-state index contributed by atoms with van der Waals surface area (Å²) in [4.78, 5) is 23.1. The highest BCUT2D eigenvalue weighted by Crippen LogP contribution is 2.31. The van der Waals surface area contributed by atoms with E-state index in [2.05, 4.69) is 4.74 Å². The molecule has 0 saturated heterocycles. The zero-order chi connectivity index (χ0) is 21.8. The Morgan fingerprint density at radius 2 is 1.72 bits per heavy atom. The number of fused-ring (bicyclic) bond motifs is 1. The number of benzene rings is 2. The normalized spacial score (nSPS) is 9.59. The van der Waals surface area contributed by atoms with Crippen LogP contribution in [0.4, 0.5) is 0 Å². The summed E-state index contributed by atoms with van der Waals surface area (Å²) in [5.74, 6) is -0.0526. The van der Waals surface area contributed by atoms with Crippen LogP contribution in [0.25, 0.3) is 22.1 Å². The van der Waals surface area contributed by atoms with Crippen LogP contribution < -0.4 is 10.4 Å². The number of methoxy groups -OCH3 is 1. The molecule has 0 spiro atoms. The number of aliphatic hydroxyl groups is 1. The summed E-state index contributed by atoms with van der Waals surface area (Å²) in [7, 11) is 2.29. The van der Waals surface area contributed by atoms with Crippen molar-refractivity contribution < 1.29 is 23.8 Å². The molecule has 0 aliphatic heterocycles. The fourth-order valence-corrected chi connectivity index (χ4v) is 2.53. The largest absolute Gasteiger partial charge is 0.482 e. The summed E-state index contributed by atoms with van der Waals surface area (Å²) in [5, 5.41) is 7.80. The fourth-order valence-electron chi connectivity index (χ4n) is 2.53. The first-order valence-corrected chi connectivity index (χ1v) is 10.3. The molecular formula is C22H26O6S. The number of ether oxygens (including phenoxy) is 2. The van der Waals surface area contributed by atoms with Crippen molar-refractivity contribution in [3.8, 4) is 16.9 Å². The van der Waals surface area contributed by atoms with Crippen LogP contribution in [-0.4, -0.2) is 44.4 Å². The molecule has 0 aliphatic carbocycles. The van der Waals surface area contributed by atoms with Gasteiger partial charge < -0.3 is 19.0 Å². The number of carbonyl (C=O) groups is 1. The molecule has 3 aromatic rings. The van der Waals surface area contributed by atoms with Gasteiger partial charge in [-0.2, -0.15) is 11.8 Å². The van der Waals surface area contributed by atoms with Gasteiger partial charge in [-0.3, -0.25) is 0 Å². The van der Waals surface area contributed by atoms with Crippen LogP contribution in [0.5, 0.6) is 5.75 Å². The van der Waals surface area contributed by atoms with Crippen LogP contribution in [0.15, 0.2) is 57.7 Å². The van der Waals surface area contributed by atoms with E-state index in [1.165, 1.54) is 13.2 Å². The SMILES string of the molecule is CO.COC(=O)COc1ccc2c(-c3ccccc3C)cc(=O)oc2c1.CSC. The highest BCUT2D eigenvalue weighted by atomic mass is 32.2. The molecule has 1 aromatic heterocycles. The van der Waals surface area contributed by atoms with Crippen LogP contribution in [-0.2, 0) is 9.53 Å². The van der Waals surface area contributed by atoms with E-state index in [0.29, 0.717) is 11.3 Å². The predicted molar refractivity (Wildman–Crippen MR) is 118 cm³/mol. The van der Waals surface area contributed by atoms with E-state index in [1.54, 1.807) is 23.9 Å². The van der Waals surface area contributed by atoms with Gasteiger partial charge in [0.15, 0.2) is 6.61 Å². The second-order valence-corrected chi connectivity index (χ2v) is 6.54. The van der Waals surface area contributed by atoms with Crippen molar-refractivity contribution >= 4 is 28.7 Å². The second-order valence-electron chi connectivity index (χ2n) is 5.73. The van der Waals surface area contributed by atoms with E-state index in [-0.39, 0.29) is 6.61 Å². The Bertz CT molecular complexity index is 980. The van der Waals surface area contributed by atoms with Crippen molar-refractivity contribution in [3.05, 3.63) is 64.5 Å². The minimum atomic E-state index is -0.481. The molecule has 156 valence electrons. The number of hydrogen-bond donors (Lipinski definition) is 1. The van der Waals surface area contributed by atoms with Crippen molar-refractivity contribution in [2.75, 3.05) is 33.3 Å². The quantitative estimate of drug-likeness (QED) is 0.508. The first kappa shape index (κ1) is 24.3. The molecule has 0 aliphatic rings. The Balaban J connectivity index is 0.000000771. The van der Waals surface area contributed by atoms with E-state index < -0.39 is 11.6 Å². The number of thioether (sulfide) groups is 1. The molecule has 0 unspecified atom stereocenters. The molecule has 1 N–H and O–H groups in total. The summed E-state index contributed by atoms with van der Waals surface area (Å²) in [6.45, 7) is 1.79. The van der Waals surface area contributed by atoms with Crippen LogP contribution in [0.3, 0.4) is 0 Å². The van der Waals surface area contributed by atoms with Crippen molar-refractivity contribution in [1.29, 1.82) is 0 Å². The maximum Gasteiger partial charge on any atom is 0.343 e. The fraction of sp³-hybridized carbons (Fsp3) is 0.273. The van der Waals surface area contributed by atoms with Crippen LogP contribution in [0.2, 0.25) is 0 Å². The highest BCUT2D eigenvalue weighted by Gasteiger charge is 2.11. The molecule has 0 amide bonds. The molecule has 0 fully saturated rings. The summed E-state index contributed by atoms with van der Waals surface area (Å²) < 4.78 is 15.2. The maximum absolute atomic E-state index is 11.9. The van der Waals surface area contributed by atoms with Gasteiger partial charge in [0.05, 0.1) is 7.11 Å². The number of rotatable bonds is 4. The minimum absolute atomic E-state index is 0.205. The van der Waals surface area contributed by atoms with Crippen molar-refractivity contribution in [3.63, 3.8) is 0 Å². The molecule has 1 heterocycles. The number of aliphatic hydroxyl groups excluding tert-OH is 1. The third kappa shape index (κ3) is 6.96. The Labute approximate surface area is 174 Å². The minimum Gasteiger partial charge on any atom is -0.482 e. The molecule has 0 radical (unpaired) electrons. The molecule has 3 rings (SSSR count). The topological polar surface area (TPSA) is 86.0 Å². The molecule has 0 saturated carbocycles. The van der Waals surface area contributed by atoms with Gasteiger partial charge in [0, 0.05) is 30.2 Å². The Kier molecular flexibility index (Phi) is 10.6. The number of esters is 1. The lowest BCUT2D eigenvalue weighted by atomic mass is 9.98. The van der Waals surface area contributed by atoms with Gasteiger partial charge in [-0.05, 0) is 42.7 Å². The molecule has 0 atom stereocenters. The lowest BCUT2D eigenvalue weighted by Gasteiger charge is -2.10.